The molecule has 0 fully saturated rings. The molecule has 2 heteroatoms. The largest absolute Gasteiger partial charge is 0.496 e. The molecule has 1 rings (SSSR count). The van der Waals surface area contributed by atoms with Crippen LogP contribution in [0.5, 0.6) is 5.75 Å². The van der Waals surface area contributed by atoms with E-state index in [0.717, 1.165) is 18.6 Å². The number of benzene rings is 1. The number of ether oxygens (including phenoxy) is 1. The number of aliphatic hydroxyl groups excluding tert-OH is 1. The van der Waals surface area contributed by atoms with Crippen molar-refractivity contribution in [2.45, 2.75) is 64.7 Å². The van der Waals surface area contributed by atoms with Crippen LogP contribution in [0.1, 0.15) is 64.0 Å². The SMILES string of the molecule is CCCCCC(C)(C)c1cc(CCCO)ccc1OC. The van der Waals surface area contributed by atoms with Crippen LogP contribution in [0.3, 0.4) is 0 Å². The van der Waals surface area contributed by atoms with E-state index in [1.54, 1.807) is 7.11 Å². The van der Waals surface area contributed by atoms with Gasteiger partial charge in [0.1, 0.15) is 5.75 Å². The lowest BCUT2D eigenvalue weighted by Gasteiger charge is -2.28. The minimum absolute atomic E-state index is 0.135. The number of hydrogen-bond acceptors (Lipinski definition) is 2. The summed E-state index contributed by atoms with van der Waals surface area (Å²) in [5, 5.41) is 8.98. The number of methoxy groups -OCH3 is 1. The van der Waals surface area contributed by atoms with Crippen LogP contribution in [0.2, 0.25) is 0 Å². The van der Waals surface area contributed by atoms with Crippen LogP contribution in [0.4, 0.5) is 0 Å². The number of unbranched alkanes of at least 4 members (excludes halogenated alkanes) is 2. The third-order valence-electron chi connectivity index (χ3n) is 4.02. The van der Waals surface area contributed by atoms with Gasteiger partial charge in [0.25, 0.3) is 0 Å². The first kappa shape index (κ1) is 17.0. The van der Waals surface area contributed by atoms with Crippen molar-refractivity contribution in [3.8, 4) is 5.75 Å². The van der Waals surface area contributed by atoms with Gasteiger partial charge in [0.15, 0.2) is 0 Å². The smallest absolute Gasteiger partial charge is 0.122 e. The maximum atomic E-state index is 8.98. The van der Waals surface area contributed by atoms with Gasteiger partial charge in [0.05, 0.1) is 7.11 Å². The van der Waals surface area contributed by atoms with Crippen molar-refractivity contribution in [3.63, 3.8) is 0 Å². The Morgan fingerprint density at radius 3 is 2.50 bits per heavy atom. The highest BCUT2D eigenvalue weighted by molar-refractivity contribution is 5.42. The summed E-state index contributed by atoms with van der Waals surface area (Å²) in [4.78, 5) is 0. The highest BCUT2D eigenvalue weighted by Gasteiger charge is 2.24. The summed E-state index contributed by atoms with van der Waals surface area (Å²) in [5.74, 6) is 0.985. The molecule has 0 amide bonds. The average Bonchev–Trinajstić information content (AvgIpc) is 2.45. The van der Waals surface area contributed by atoms with Gasteiger partial charge >= 0.3 is 0 Å². The van der Waals surface area contributed by atoms with E-state index in [0.29, 0.717) is 0 Å². The number of hydrogen-bond donors (Lipinski definition) is 1. The number of aryl methyl sites for hydroxylation is 1. The van der Waals surface area contributed by atoms with Crippen LogP contribution in [-0.2, 0) is 11.8 Å². The topological polar surface area (TPSA) is 29.5 Å². The Morgan fingerprint density at radius 2 is 1.90 bits per heavy atom. The van der Waals surface area contributed by atoms with Gasteiger partial charge in [-0.05, 0) is 36.3 Å². The molecule has 0 saturated carbocycles. The molecule has 0 radical (unpaired) electrons. The lowest BCUT2D eigenvalue weighted by atomic mass is 9.78. The third kappa shape index (κ3) is 4.82. The number of aliphatic hydroxyl groups is 1. The Labute approximate surface area is 124 Å². The third-order valence-corrected chi connectivity index (χ3v) is 4.02. The van der Waals surface area contributed by atoms with Crippen LogP contribution in [0.15, 0.2) is 18.2 Å². The molecule has 1 N–H and O–H groups in total. The summed E-state index contributed by atoms with van der Waals surface area (Å²) in [6.07, 6.45) is 6.73. The molecule has 0 spiro atoms. The van der Waals surface area contributed by atoms with E-state index in [2.05, 4.69) is 39.0 Å². The molecule has 20 heavy (non-hydrogen) atoms. The molecule has 1 aromatic rings. The molecule has 2 nitrogen and oxygen atoms in total. The van der Waals surface area contributed by atoms with Gasteiger partial charge < -0.3 is 9.84 Å². The van der Waals surface area contributed by atoms with Crippen molar-refractivity contribution >= 4 is 0 Å². The van der Waals surface area contributed by atoms with Crippen molar-refractivity contribution in [2.24, 2.45) is 0 Å². The molecule has 114 valence electrons. The Balaban J connectivity index is 2.93. The fourth-order valence-electron chi connectivity index (χ4n) is 2.67. The Morgan fingerprint density at radius 1 is 1.15 bits per heavy atom. The van der Waals surface area contributed by atoms with Gasteiger partial charge in [0.2, 0.25) is 0 Å². The van der Waals surface area contributed by atoms with Crippen molar-refractivity contribution in [1.29, 1.82) is 0 Å². The van der Waals surface area contributed by atoms with E-state index in [1.807, 2.05) is 0 Å². The van der Waals surface area contributed by atoms with Gasteiger partial charge in [-0.15, -0.1) is 0 Å². The first-order chi connectivity index (χ1) is 9.55. The van der Waals surface area contributed by atoms with Crippen LogP contribution in [0, 0.1) is 0 Å². The molecule has 0 saturated heterocycles. The minimum atomic E-state index is 0.135. The Hall–Kier alpha value is -1.02. The lowest BCUT2D eigenvalue weighted by Crippen LogP contribution is -2.18. The van der Waals surface area contributed by atoms with Crippen molar-refractivity contribution in [2.75, 3.05) is 13.7 Å². The molecule has 0 aliphatic heterocycles. The van der Waals surface area contributed by atoms with Gasteiger partial charge in [-0.25, -0.2) is 0 Å². The predicted molar refractivity (Wildman–Crippen MR) is 85.6 cm³/mol. The monoisotopic (exact) mass is 278 g/mol. The molecular weight excluding hydrogens is 248 g/mol. The molecule has 0 unspecified atom stereocenters. The van der Waals surface area contributed by atoms with Crippen LogP contribution >= 0.6 is 0 Å². The maximum Gasteiger partial charge on any atom is 0.122 e. The maximum absolute atomic E-state index is 8.98. The summed E-state index contributed by atoms with van der Waals surface area (Å²) in [7, 11) is 1.74. The molecule has 0 aliphatic carbocycles. The predicted octanol–water partition coefficient (Wildman–Crippen LogP) is 4.48. The lowest BCUT2D eigenvalue weighted by molar-refractivity contribution is 0.288. The summed E-state index contributed by atoms with van der Waals surface area (Å²) < 4.78 is 5.55. The van der Waals surface area contributed by atoms with Gasteiger partial charge in [0, 0.05) is 12.2 Å². The molecule has 0 aliphatic rings. The van der Waals surface area contributed by atoms with Crippen molar-refractivity contribution in [1.82, 2.24) is 0 Å². The summed E-state index contributed by atoms with van der Waals surface area (Å²) in [5.41, 5.74) is 2.72. The average molecular weight is 278 g/mol. The molecule has 0 atom stereocenters. The second kappa shape index (κ2) is 8.31. The zero-order chi connectivity index (χ0) is 15.0. The summed E-state index contributed by atoms with van der Waals surface area (Å²) >= 11 is 0. The standard InChI is InChI=1S/C18H30O2/c1-5-6-7-12-18(2,3)16-14-15(9-8-13-19)10-11-17(16)20-4/h10-11,14,19H,5-9,12-13H2,1-4H3. The Bertz CT molecular complexity index is 396. The van der Waals surface area contributed by atoms with Crippen LogP contribution < -0.4 is 4.74 Å². The fraction of sp³-hybridized carbons (Fsp3) is 0.667. The second-order valence-corrected chi connectivity index (χ2v) is 6.20. The Kier molecular flexibility index (Phi) is 7.08. The minimum Gasteiger partial charge on any atom is -0.496 e. The first-order valence-electron chi connectivity index (χ1n) is 7.83. The zero-order valence-corrected chi connectivity index (χ0v) is 13.5. The van der Waals surface area contributed by atoms with Crippen LogP contribution in [-0.4, -0.2) is 18.8 Å². The van der Waals surface area contributed by atoms with Gasteiger partial charge in [-0.2, -0.15) is 0 Å². The molecule has 0 bridgehead atoms. The van der Waals surface area contributed by atoms with E-state index in [9.17, 15) is 0 Å². The van der Waals surface area contributed by atoms with E-state index in [1.165, 1.54) is 36.8 Å². The number of rotatable bonds is 9. The van der Waals surface area contributed by atoms with Gasteiger partial charge in [-0.3, -0.25) is 0 Å². The summed E-state index contributed by atoms with van der Waals surface area (Å²) in [6.45, 7) is 7.09. The highest BCUT2D eigenvalue weighted by atomic mass is 16.5. The summed E-state index contributed by atoms with van der Waals surface area (Å²) in [6, 6.07) is 6.45. The normalized spacial score (nSPS) is 11.7. The van der Waals surface area contributed by atoms with Crippen molar-refractivity contribution < 1.29 is 9.84 Å². The highest BCUT2D eigenvalue weighted by Crippen LogP contribution is 2.36. The quantitative estimate of drug-likeness (QED) is 0.675. The van der Waals surface area contributed by atoms with Crippen LogP contribution in [0.25, 0.3) is 0 Å². The molecule has 0 aromatic heterocycles. The van der Waals surface area contributed by atoms with Crippen molar-refractivity contribution in [3.05, 3.63) is 29.3 Å². The van der Waals surface area contributed by atoms with E-state index in [4.69, 9.17) is 9.84 Å². The van der Waals surface area contributed by atoms with E-state index in [-0.39, 0.29) is 12.0 Å². The molecule has 1 aromatic carbocycles. The molecule has 0 heterocycles. The molecular formula is C18H30O2. The van der Waals surface area contributed by atoms with E-state index >= 15 is 0 Å². The van der Waals surface area contributed by atoms with Gasteiger partial charge in [-0.1, -0.05) is 52.2 Å². The van der Waals surface area contributed by atoms with E-state index < -0.39 is 0 Å². The second-order valence-electron chi connectivity index (χ2n) is 6.20. The zero-order valence-electron chi connectivity index (χ0n) is 13.5. The first-order valence-corrected chi connectivity index (χ1v) is 7.83. The fourth-order valence-corrected chi connectivity index (χ4v) is 2.67.